The van der Waals surface area contributed by atoms with Crippen LogP contribution in [0.25, 0.3) is 0 Å². The third-order valence-electron chi connectivity index (χ3n) is 2.48. The first-order valence-electron chi connectivity index (χ1n) is 6.06. The molecule has 0 spiro atoms. The molecule has 0 heterocycles. The van der Waals surface area contributed by atoms with Gasteiger partial charge in [-0.3, -0.25) is 4.79 Å². The van der Waals surface area contributed by atoms with Crippen LogP contribution in [0.2, 0.25) is 0 Å². The fourth-order valence-corrected chi connectivity index (χ4v) is 1.90. The lowest BCUT2D eigenvalue weighted by Gasteiger charge is -2.12. The second kappa shape index (κ2) is 7.95. The van der Waals surface area contributed by atoms with Crippen LogP contribution in [0.1, 0.15) is 18.1 Å². The lowest BCUT2D eigenvalue weighted by atomic mass is 10.1. The maximum absolute atomic E-state index is 12.9. The number of esters is 1. The molecule has 6 nitrogen and oxygen atoms in total. The summed E-state index contributed by atoms with van der Waals surface area (Å²) in [4.78, 5) is 21.9. The number of carbonyl (C=O) groups is 2. The summed E-state index contributed by atoms with van der Waals surface area (Å²) in [5.74, 6) is -0.649. The van der Waals surface area contributed by atoms with E-state index in [1.807, 2.05) is 5.43 Å². The molecule has 0 atom stereocenters. The van der Waals surface area contributed by atoms with Crippen LogP contribution in [0.5, 0.6) is 0 Å². The van der Waals surface area contributed by atoms with E-state index in [-0.39, 0.29) is 15.7 Å². The summed E-state index contributed by atoms with van der Waals surface area (Å²) in [6.07, 6.45) is -5.50. The zero-order chi connectivity index (χ0) is 17.6. The molecule has 1 amide bonds. The summed E-state index contributed by atoms with van der Waals surface area (Å²) in [5.41, 5.74) is 0.989. The molecule has 0 aromatic heterocycles. The molecular weight excluding hydrogens is 385 g/mol. The number of hydrogen-bond donors (Lipinski definition) is 1. The maximum atomic E-state index is 12.9. The summed E-state index contributed by atoms with van der Waals surface area (Å²) in [7, 11) is 1.10. The van der Waals surface area contributed by atoms with Crippen molar-refractivity contribution >= 4 is 33.7 Å². The van der Waals surface area contributed by atoms with Crippen molar-refractivity contribution < 1.29 is 32.2 Å². The average Bonchev–Trinajstić information content (AvgIpc) is 2.46. The van der Waals surface area contributed by atoms with Crippen LogP contribution < -0.4 is 5.43 Å². The van der Waals surface area contributed by atoms with Crippen LogP contribution in [-0.2, 0) is 20.4 Å². The molecule has 0 saturated carbocycles. The van der Waals surface area contributed by atoms with Gasteiger partial charge in [-0.25, -0.2) is 10.2 Å². The first-order chi connectivity index (χ1) is 10.6. The van der Waals surface area contributed by atoms with E-state index in [0.717, 1.165) is 20.1 Å². The van der Waals surface area contributed by atoms with Crippen LogP contribution >= 0.6 is 15.9 Å². The predicted molar refractivity (Wildman–Crippen MR) is 77.9 cm³/mol. The van der Waals surface area contributed by atoms with E-state index in [0.29, 0.717) is 0 Å². The van der Waals surface area contributed by atoms with Gasteiger partial charge in [-0.15, -0.1) is 0 Å². The number of rotatable bonds is 4. The topological polar surface area (TPSA) is 77.0 Å². The van der Waals surface area contributed by atoms with Crippen molar-refractivity contribution in [2.75, 3.05) is 13.7 Å². The second-order valence-electron chi connectivity index (χ2n) is 4.13. The Labute approximate surface area is 137 Å². The minimum atomic E-state index is -4.59. The molecule has 1 N–H and O–H groups in total. The molecule has 0 fully saturated rings. The lowest BCUT2D eigenvalue weighted by molar-refractivity contribution is -0.139. The van der Waals surface area contributed by atoms with E-state index in [2.05, 4.69) is 25.8 Å². The van der Waals surface area contributed by atoms with Crippen LogP contribution in [0, 0.1) is 0 Å². The molecule has 1 aromatic rings. The SMILES string of the molecule is COC(=O)N/N=C(/COC(C)=O)c1ccc(Br)c(C(F)(F)F)c1. The normalized spacial score (nSPS) is 11.8. The molecule has 0 bridgehead atoms. The van der Waals surface area contributed by atoms with E-state index in [1.165, 1.54) is 12.1 Å². The zero-order valence-electron chi connectivity index (χ0n) is 12.0. The lowest BCUT2D eigenvalue weighted by Crippen LogP contribution is -2.23. The van der Waals surface area contributed by atoms with E-state index < -0.39 is 30.4 Å². The Morgan fingerprint density at radius 2 is 2.00 bits per heavy atom. The number of nitrogens with zero attached hydrogens (tertiary/aromatic N) is 1. The Kier molecular flexibility index (Phi) is 6.55. The Bertz CT molecular complexity index is 632. The van der Waals surface area contributed by atoms with Gasteiger partial charge >= 0.3 is 18.2 Å². The Balaban J connectivity index is 3.20. The van der Waals surface area contributed by atoms with Crippen LogP contribution in [0.4, 0.5) is 18.0 Å². The van der Waals surface area contributed by atoms with E-state index in [4.69, 9.17) is 4.74 Å². The number of nitrogens with one attached hydrogen (secondary N) is 1. The first kappa shape index (κ1) is 18.9. The van der Waals surface area contributed by atoms with Gasteiger partial charge in [0.15, 0.2) is 0 Å². The van der Waals surface area contributed by atoms with Gasteiger partial charge in [0, 0.05) is 17.0 Å². The highest BCUT2D eigenvalue weighted by atomic mass is 79.9. The maximum Gasteiger partial charge on any atom is 0.427 e. The van der Waals surface area contributed by atoms with Gasteiger partial charge in [-0.2, -0.15) is 18.3 Å². The quantitative estimate of drug-likeness (QED) is 0.481. The molecular formula is C13H12BrF3N2O4. The molecule has 126 valence electrons. The Morgan fingerprint density at radius 1 is 1.35 bits per heavy atom. The van der Waals surface area contributed by atoms with Gasteiger partial charge in [-0.1, -0.05) is 22.0 Å². The van der Waals surface area contributed by atoms with Crippen molar-refractivity contribution in [2.24, 2.45) is 5.10 Å². The van der Waals surface area contributed by atoms with E-state index in [1.54, 1.807) is 0 Å². The molecule has 0 aliphatic heterocycles. The standard InChI is InChI=1S/C13H12BrF3N2O4/c1-7(20)23-6-11(18-19-12(21)22-2)8-3-4-10(14)9(5-8)13(15,16)17/h3-5H,6H2,1-2H3,(H,19,21)/b18-11-. The average molecular weight is 397 g/mol. The van der Waals surface area contributed by atoms with Crippen molar-refractivity contribution in [1.82, 2.24) is 5.43 Å². The number of amides is 1. The van der Waals surface area contributed by atoms with Crippen molar-refractivity contribution in [3.05, 3.63) is 33.8 Å². The predicted octanol–water partition coefficient (Wildman–Crippen LogP) is 3.09. The number of carbonyl (C=O) groups excluding carboxylic acids is 2. The summed E-state index contributed by atoms with van der Waals surface area (Å²) in [6, 6.07) is 3.34. The largest absolute Gasteiger partial charge is 0.459 e. The van der Waals surface area contributed by atoms with Gasteiger partial charge < -0.3 is 9.47 Å². The Morgan fingerprint density at radius 3 is 2.52 bits per heavy atom. The van der Waals surface area contributed by atoms with Gasteiger partial charge in [0.25, 0.3) is 0 Å². The smallest absolute Gasteiger partial charge is 0.427 e. The number of benzene rings is 1. The van der Waals surface area contributed by atoms with Crippen LogP contribution in [0.3, 0.4) is 0 Å². The number of hydrogen-bond acceptors (Lipinski definition) is 5. The highest BCUT2D eigenvalue weighted by Gasteiger charge is 2.33. The van der Waals surface area contributed by atoms with Gasteiger partial charge in [0.05, 0.1) is 12.7 Å². The van der Waals surface area contributed by atoms with Crippen molar-refractivity contribution in [3.8, 4) is 0 Å². The van der Waals surface area contributed by atoms with Crippen LogP contribution in [-0.4, -0.2) is 31.5 Å². The second-order valence-corrected chi connectivity index (χ2v) is 4.99. The summed E-state index contributed by atoms with van der Waals surface area (Å²) < 4.78 is 47.7. The number of halogens is 4. The summed E-state index contributed by atoms with van der Waals surface area (Å²) >= 11 is 2.82. The van der Waals surface area contributed by atoms with Crippen molar-refractivity contribution in [1.29, 1.82) is 0 Å². The van der Waals surface area contributed by atoms with Gasteiger partial charge in [0.2, 0.25) is 0 Å². The molecule has 1 rings (SSSR count). The zero-order valence-corrected chi connectivity index (χ0v) is 13.6. The molecule has 0 radical (unpaired) electrons. The molecule has 0 saturated heterocycles. The first-order valence-corrected chi connectivity index (χ1v) is 6.85. The van der Waals surface area contributed by atoms with Gasteiger partial charge in [-0.05, 0) is 12.1 Å². The molecule has 0 unspecified atom stereocenters. The summed E-state index contributed by atoms with van der Waals surface area (Å²) in [5, 5.41) is 3.62. The minimum absolute atomic E-state index is 0.0261. The number of methoxy groups -OCH3 is 1. The molecule has 10 heteroatoms. The molecule has 0 aliphatic carbocycles. The number of hydrazone groups is 1. The van der Waals surface area contributed by atoms with E-state index in [9.17, 15) is 22.8 Å². The third kappa shape index (κ3) is 5.89. The number of alkyl halides is 3. The molecule has 0 aliphatic rings. The highest BCUT2D eigenvalue weighted by Crippen LogP contribution is 2.35. The summed E-state index contributed by atoms with van der Waals surface area (Å²) in [6.45, 7) is 0.715. The molecule has 1 aromatic carbocycles. The highest BCUT2D eigenvalue weighted by molar-refractivity contribution is 9.10. The fraction of sp³-hybridized carbons (Fsp3) is 0.308. The third-order valence-corrected chi connectivity index (χ3v) is 3.18. The molecule has 23 heavy (non-hydrogen) atoms. The van der Waals surface area contributed by atoms with Crippen molar-refractivity contribution in [2.45, 2.75) is 13.1 Å². The monoisotopic (exact) mass is 396 g/mol. The number of ether oxygens (including phenoxy) is 2. The Hall–Kier alpha value is -2.10. The van der Waals surface area contributed by atoms with Crippen molar-refractivity contribution in [3.63, 3.8) is 0 Å². The van der Waals surface area contributed by atoms with Gasteiger partial charge in [0.1, 0.15) is 12.3 Å². The van der Waals surface area contributed by atoms with Crippen LogP contribution in [0.15, 0.2) is 27.8 Å². The fourth-order valence-electron chi connectivity index (χ4n) is 1.43. The van der Waals surface area contributed by atoms with E-state index >= 15 is 0 Å². The minimum Gasteiger partial charge on any atom is -0.459 e.